The minimum atomic E-state index is -3.53. The Kier molecular flexibility index (Phi) is 3.84. The smallest absolute Gasteiger partial charge is 0.243 e. The van der Waals surface area contributed by atoms with Crippen molar-refractivity contribution in [2.24, 2.45) is 5.92 Å². The highest BCUT2D eigenvalue weighted by atomic mass is 32.2. The summed E-state index contributed by atoms with van der Waals surface area (Å²) in [4.78, 5) is 0.184. The molecule has 1 saturated heterocycles. The molecule has 0 amide bonds. The van der Waals surface area contributed by atoms with Crippen LogP contribution in [0.5, 0.6) is 5.75 Å². The highest BCUT2D eigenvalue weighted by Crippen LogP contribution is 2.38. The first-order valence-electron chi connectivity index (χ1n) is 7.60. The monoisotopic (exact) mass is 310 g/mol. The van der Waals surface area contributed by atoms with Crippen LogP contribution in [0.1, 0.15) is 38.5 Å². The van der Waals surface area contributed by atoms with Crippen LogP contribution in [0.3, 0.4) is 0 Å². The summed E-state index contributed by atoms with van der Waals surface area (Å²) in [6.45, 7) is 0.588. The van der Waals surface area contributed by atoms with Crippen LogP contribution in [0, 0.1) is 5.92 Å². The molecule has 2 aliphatic rings. The van der Waals surface area contributed by atoms with E-state index in [9.17, 15) is 13.5 Å². The summed E-state index contributed by atoms with van der Waals surface area (Å²) in [5.41, 5.74) is 5.75. The van der Waals surface area contributed by atoms with Gasteiger partial charge in [0.25, 0.3) is 0 Å². The molecule has 1 aliphatic carbocycles. The van der Waals surface area contributed by atoms with Crippen molar-refractivity contribution in [1.29, 1.82) is 0 Å². The first-order chi connectivity index (χ1) is 10.00. The van der Waals surface area contributed by atoms with Crippen molar-refractivity contribution in [3.63, 3.8) is 0 Å². The average Bonchev–Trinajstić information content (AvgIpc) is 2.49. The molecule has 1 aliphatic heterocycles. The minimum Gasteiger partial charge on any atom is -0.506 e. The first-order valence-corrected chi connectivity index (χ1v) is 9.04. The van der Waals surface area contributed by atoms with E-state index in [0.717, 1.165) is 32.1 Å². The lowest BCUT2D eigenvalue weighted by molar-refractivity contribution is 0.129. The zero-order valence-corrected chi connectivity index (χ0v) is 12.8. The molecule has 1 saturated carbocycles. The van der Waals surface area contributed by atoms with Gasteiger partial charge in [-0.15, -0.1) is 0 Å². The van der Waals surface area contributed by atoms with Gasteiger partial charge in [-0.3, -0.25) is 0 Å². The molecule has 1 heterocycles. The normalized spacial score (nSPS) is 27.2. The maximum absolute atomic E-state index is 12.9. The summed E-state index contributed by atoms with van der Waals surface area (Å²) < 4.78 is 27.5. The molecule has 2 atom stereocenters. The van der Waals surface area contributed by atoms with Gasteiger partial charge in [-0.2, -0.15) is 4.31 Å². The van der Waals surface area contributed by atoms with Crippen molar-refractivity contribution in [1.82, 2.24) is 4.31 Å². The molecule has 3 N–H and O–H groups in total. The fourth-order valence-corrected chi connectivity index (χ4v) is 5.50. The van der Waals surface area contributed by atoms with E-state index >= 15 is 0 Å². The summed E-state index contributed by atoms with van der Waals surface area (Å²) in [5.74, 6) is 0.417. The Bertz CT molecular complexity index is 628. The Morgan fingerprint density at radius 1 is 1.14 bits per heavy atom. The van der Waals surface area contributed by atoms with Crippen molar-refractivity contribution in [2.45, 2.75) is 49.5 Å². The maximum Gasteiger partial charge on any atom is 0.243 e. The van der Waals surface area contributed by atoms with Gasteiger partial charge in [0, 0.05) is 12.6 Å². The van der Waals surface area contributed by atoms with Crippen molar-refractivity contribution in [3.05, 3.63) is 18.2 Å². The predicted molar refractivity (Wildman–Crippen MR) is 81.4 cm³/mol. The number of piperidine rings is 1. The Hall–Kier alpha value is -1.27. The summed E-state index contributed by atoms with van der Waals surface area (Å²) in [7, 11) is -3.53. The van der Waals surface area contributed by atoms with E-state index in [1.54, 1.807) is 4.31 Å². The number of nitrogens with two attached hydrogens (primary N) is 1. The molecule has 1 aromatic carbocycles. The van der Waals surface area contributed by atoms with E-state index in [0.29, 0.717) is 12.5 Å². The van der Waals surface area contributed by atoms with Gasteiger partial charge in [0.05, 0.1) is 10.6 Å². The third-order valence-electron chi connectivity index (χ3n) is 4.80. The number of aromatic hydroxyl groups is 1. The van der Waals surface area contributed by atoms with E-state index in [1.807, 2.05) is 0 Å². The van der Waals surface area contributed by atoms with Crippen LogP contribution in [0.25, 0.3) is 0 Å². The van der Waals surface area contributed by atoms with Gasteiger partial charge in [0.2, 0.25) is 10.0 Å². The fourth-order valence-electron chi connectivity index (χ4n) is 3.71. The standard InChI is InChI=1S/C15H22N2O3S/c16-13-10-12(7-8-15(13)18)21(19,20)17-9-3-5-11-4-1-2-6-14(11)17/h7-8,10-11,14,18H,1-6,9,16H2/t11-,14-/m1/s1. The highest BCUT2D eigenvalue weighted by Gasteiger charge is 2.39. The first kappa shape index (κ1) is 14.7. The average molecular weight is 310 g/mol. The fraction of sp³-hybridized carbons (Fsp3) is 0.600. The number of nitrogen functional groups attached to an aromatic ring is 1. The number of nitrogens with zero attached hydrogens (tertiary/aromatic N) is 1. The van der Waals surface area contributed by atoms with Crippen LogP contribution in [-0.2, 0) is 10.0 Å². The van der Waals surface area contributed by atoms with Crippen molar-refractivity contribution >= 4 is 15.7 Å². The molecule has 0 spiro atoms. The van der Waals surface area contributed by atoms with Gasteiger partial charge in [0.1, 0.15) is 5.75 Å². The highest BCUT2D eigenvalue weighted by molar-refractivity contribution is 7.89. The maximum atomic E-state index is 12.9. The van der Waals surface area contributed by atoms with Crippen LogP contribution in [0.2, 0.25) is 0 Å². The second kappa shape index (κ2) is 5.50. The van der Waals surface area contributed by atoms with Gasteiger partial charge in [0.15, 0.2) is 0 Å². The van der Waals surface area contributed by atoms with Crippen LogP contribution in [0.15, 0.2) is 23.1 Å². The predicted octanol–water partition coefficient (Wildman–Crippen LogP) is 2.32. The zero-order chi connectivity index (χ0) is 15.0. The van der Waals surface area contributed by atoms with E-state index < -0.39 is 10.0 Å². The quantitative estimate of drug-likeness (QED) is 0.648. The Balaban J connectivity index is 1.94. The minimum absolute atomic E-state index is 0.0804. The Morgan fingerprint density at radius 2 is 1.86 bits per heavy atom. The van der Waals surface area contributed by atoms with E-state index in [2.05, 4.69) is 0 Å². The van der Waals surface area contributed by atoms with Crippen LogP contribution >= 0.6 is 0 Å². The number of anilines is 1. The third-order valence-corrected chi connectivity index (χ3v) is 6.72. The topological polar surface area (TPSA) is 83.6 Å². The van der Waals surface area contributed by atoms with Gasteiger partial charge in [-0.05, 0) is 49.8 Å². The number of hydrogen-bond acceptors (Lipinski definition) is 4. The Labute approximate surface area is 125 Å². The van der Waals surface area contributed by atoms with Crippen LogP contribution in [0.4, 0.5) is 5.69 Å². The molecule has 0 aromatic heterocycles. The van der Waals surface area contributed by atoms with Crippen LogP contribution < -0.4 is 5.73 Å². The number of hydrogen-bond donors (Lipinski definition) is 2. The summed E-state index contributed by atoms with van der Waals surface area (Å²) >= 11 is 0. The lowest BCUT2D eigenvalue weighted by Gasteiger charge is -2.43. The van der Waals surface area contributed by atoms with Crippen molar-refractivity contribution in [3.8, 4) is 5.75 Å². The lowest BCUT2D eigenvalue weighted by Crippen LogP contribution is -2.49. The van der Waals surface area contributed by atoms with Gasteiger partial charge in [-0.25, -0.2) is 8.42 Å². The number of phenols is 1. The molecule has 0 bridgehead atoms. The lowest BCUT2D eigenvalue weighted by atomic mass is 9.79. The van der Waals surface area contributed by atoms with Crippen molar-refractivity contribution in [2.75, 3.05) is 12.3 Å². The van der Waals surface area contributed by atoms with Crippen molar-refractivity contribution < 1.29 is 13.5 Å². The SMILES string of the molecule is Nc1cc(S(=O)(=O)N2CCC[C@H]3CCCC[C@H]32)ccc1O. The molecular formula is C15H22N2O3S. The summed E-state index contributed by atoms with van der Waals surface area (Å²) in [6, 6.07) is 4.28. The number of benzene rings is 1. The number of sulfonamides is 1. The van der Waals surface area contributed by atoms with Gasteiger partial charge < -0.3 is 10.8 Å². The van der Waals surface area contributed by atoms with E-state index in [1.165, 1.54) is 24.6 Å². The third kappa shape index (κ3) is 2.62. The molecular weight excluding hydrogens is 288 g/mol. The number of rotatable bonds is 2. The van der Waals surface area contributed by atoms with E-state index in [-0.39, 0.29) is 22.4 Å². The summed E-state index contributed by atoms with van der Waals surface area (Å²) in [6.07, 6.45) is 6.46. The molecule has 2 fully saturated rings. The molecule has 3 rings (SSSR count). The molecule has 21 heavy (non-hydrogen) atoms. The van der Waals surface area contributed by atoms with E-state index in [4.69, 9.17) is 5.73 Å². The zero-order valence-electron chi connectivity index (χ0n) is 12.0. The molecule has 5 nitrogen and oxygen atoms in total. The second-order valence-electron chi connectivity index (χ2n) is 6.09. The molecule has 0 unspecified atom stereocenters. The van der Waals surface area contributed by atoms with Gasteiger partial charge in [-0.1, -0.05) is 12.8 Å². The van der Waals surface area contributed by atoms with Crippen LogP contribution in [-0.4, -0.2) is 30.4 Å². The largest absolute Gasteiger partial charge is 0.506 e. The molecule has 6 heteroatoms. The summed E-state index contributed by atoms with van der Waals surface area (Å²) in [5, 5.41) is 9.47. The Morgan fingerprint density at radius 3 is 2.62 bits per heavy atom. The second-order valence-corrected chi connectivity index (χ2v) is 7.98. The van der Waals surface area contributed by atoms with Gasteiger partial charge >= 0.3 is 0 Å². The number of phenolic OH excluding ortho intramolecular Hbond substituents is 1. The number of fused-ring (bicyclic) bond motifs is 1. The molecule has 1 aromatic rings. The molecule has 0 radical (unpaired) electrons. The molecule has 116 valence electrons.